The van der Waals surface area contributed by atoms with Crippen LogP contribution in [0, 0.1) is 20.2 Å². The summed E-state index contributed by atoms with van der Waals surface area (Å²) in [6, 6.07) is 17.0. The van der Waals surface area contributed by atoms with Gasteiger partial charge in [-0.3, -0.25) is 30.2 Å². The van der Waals surface area contributed by atoms with Gasteiger partial charge in [-0.2, -0.15) is 0 Å². The molecule has 0 amide bonds. The quantitative estimate of drug-likeness (QED) is 0.213. The van der Waals surface area contributed by atoms with E-state index in [1.54, 1.807) is 6.20 Å². The Morgan fingerprint density at radius 2 is 1.30 bits per heavy atom. The van der Waals surface area contributed by atoms with Crippen molar-refractivity contribution in [1.82, 2.24) is 9.97 Å². The van der Waals surface area contributed by atoms with Crippen LogP contribution >= 0.6 is 0 Å². The van der Waals surface area contributed by atoms with E-state index >= 15 is 0 Å². The zero-order valence-corrected chi connectivity index (χ0v) is 16.1. The Bertz CT molecular complexity index is 1030. The van der Waals surface area contributed by atoms with Gasteiger partial charge in [0, 0.05) is 55.4 Å². The number of hydrogen-bond donors (Lipinski definition) is 0. The summed E-state index contributed by atoms with van der Waals surface area (Å²) in [5, 5.41) is 22.7. The molecular weight excluding hydrogens is 528 g/mol. The zero-order valence-electron chi connectivity index (χ0n) is 13.7. The summed E-state index contributed by atoms with van der Waals surface area (Å²) in [7, 11) is 0. The Hall–Kier alpha value is -3.29. The van der Waals surface area contributed by atoms with E-state index in [0.717, 1.165) is 33.9 Å². The molecule has 4 rings (SSSR count). The third-order valence-electron chi connectivity index (χ3n) is 3.63. The molecule has 0 N–H and O–H groups in total. The molecule has 8 nitrogen and oxygen atoms in total. The molecule has 0 aliphatic heterocycles. The maximum atomic E-state index is 10.2. The molecule has 0 bridgehead atoms. The van der Waals surface area contributed by atoms with E-state index < -0.39 is 21.2 Å². The van der Waals surface area contributed by atoms with E-state index in [2.05, 4.69) is 28.2 Å². The van der Waals surface area contributed by atoms with E-state index in [1.165, 1.54) is 12.1 Å². The second kappa shape index (κ2) is 8.88. The van der Waals surface area contributed by atoms with Crippen LogP contribution in [0.4, 0.5) is 11.4 Å². The molecule has 0 saturated heterocycles. The Morgan fingerprint density at radius 3 is 1.93 bits per heavy atom. The van der Waals surface area contributed by atoms with Crippen molar-refractivity contribution in [2.45, 2.75) is 0 Å². The number of nitro groups is 2. The van der Waals surface area contributed by atoms with Gasteiger partial charge < -0.3 is 0 Å². The molecular formula is C18H12IrN4O4. The van der Waals surface area contributed by atoms with Gasteiger partial charge in [0.15, 0.2) is 0 Å². The van der Waals surface area contributed by atoms with E-state index in [1.807, 2.05) is 24.4 Å². The van der Waals surface area contributed by atoms with Gasteiger partial charge in [0.1, 0.15) is 0 Å². The standard InChI is InChI=1S/C12H8N2.C6H4N2O4.Ir/c1-3-9-5-6-11-10(4-2-7-13-11)12(9)14-8-1;9-7(10)5-3-1-2-4-6(5)8(11)12;/h1-8H;1-4H;. The van der Waals surface area contributed by atoms with Crippen molar-refractivity contribution in [2.24, 2.45) is 0 Å². The van der Waals surface area contributed by atoms with Gasteiger partial charge in [0.2, 0.25) is 0 Å². The first kappa shape index (κ1) is 20.0. The summed E-state index contributed by atoms with van der Waals surface area (Å²) in [5.41, 5.74) is 1.06. The number of fused-ring (bicyclic) bond motifs is 3. The first-order chi connectivity index (χ1) is 12.6. The van der Waals surface area contributed by atoms with Gasteiger partial charge in [-0.15, -0.1) is 0 Å². The number of nitrogens with zero attached hydrogens (tertiary/aromatic N) is 4. The Morgan fingerprint density at radius 1 is 0.704 bits per heavy atom. The van der Waals surface area contributed by atoms with Gasteiger partial charge in [-0.1, -0.05) is 24.3 Å². The number of nitro benzene ring substituents is 2. The van der Waals surface area contributed by atoms with E-state index in [9.17, 15) is 20.2 Å². The topological polar surface area (TPSA) is 112 Å². The van der Waals surface area contributed by atoms with Crippen molar-refractivity contribution < 1.29 is 30.0 Å². The van der Waals surface area contributed by atoms with Crippen LogP contribution in [-0.2, 0) is 20.1 Å². The number of para-hydroxylation sites is 2. The minimum atomic E-state index is -0.780. The van der Waals surface area contributed by atoms with Gasteiger partial charge in [-0.05, 0) is 24.3 Å². The SMILES string of the molecule is O=[N+]([O-])c1ccccc1[N+](=O)[O-].[Ir].c1cnc2c(c1)ccc1ncccc12. The van der Waals surface area contributed by atoms with Crippen LogP contribution in [0.15, 0.2) is 73.1 Å². The van der Waals surface area contributed by atoms with E-state index in [0.29, 0.717) is 0 Å². The number of pyridine rings is 2. The fourth-order valence-electron chi connectivity index (χ4n) is 2.47. The van der Waals surface area contributed by atoms with Crippen LogP contribution in [0.25, 0.3) is 21.8 Å². The molecule has 2 aromatic heterocycles. The number of rotatable bonds is 2. The maximum Gasteiger partial charge on any atom is 0.346 e. The summed E-state index contributed by atoms with van der Waals surface area (Å²) < 4.78 is 0. The number of hydrogen-bond acceptors (Lipinski definition) is 6. The third kappa shape index (κ3) is 4.46. The van der Waals surface area contributed by atoms with Gasteiger partial charge in [0.05, 0.1) is 20.9 Å². The first-order valence-corrected chi connectivity index (χ1v) is 7.54. The summed E-state index contributed by atoms with van der Waals surface area (Å²) in [4.78, 5) is 27.6. The summed E-state index contributed by atoms with van der Waals surface area (Å²) in [6.45, 7) is 0. The van der Waals surface area contributed by atoms with Crippen LogP contribution in [0.3, 0.4) is 0 Å². The number of aromatic nitrogens is 2. The Kier molecular flexibility index (Phi) is 6.59. The molecule has 0 aliphatic carbocycles. The Balaban J connectivity index is 0.000000190. The van der Waals surface area contributed by atoms with Crippen molar-refractivity contribution >= 4 is 33.2 Å². The maximum absolute atomic E-state index is 10.2. The molecule has 27 heavy (non-hydrogen) atoms. The van der Waals surface area contributed by atoms with Crippen molar-refractivity contribution in [1.29, 1.82) is 0 Å². The molecule has 0 unspecified atom stereocenters. The monoisotopic (exact) mass is 541 g/mol. The minimum Gasteiger partial charge on any atom is -0.258 e. The first-order valence-electron chi connectivity index (χ1n) is 7.54. The second-order valence-corrected chi connectivity index (χ2v) is 5.21. The van der Waals surface area contributed by atoms with Crippen molar-refractivity contribution in [3.63, 3.8) is 0 Å². The molecule has 0 aliphatic rings. The average molecular weight is 541 g/mol. The van der Waals surface area contributed by atoms with Crippen LogP contribution in [-0.4, -0.2) is 19.8 Å². The molecule has 0 saturated carbocycles. The molecule has 2 heterocycles. The predicted molar refractivity (Wildman–Crippen MR) is 96.8 cm³/mol. The van der Waals surface area contributed by atoms with E-state index in [4.69, 9.17) is 0 Å². The van der Waals surface area contributed by atoms with Crippen molar-refractivity contribution in [3.8, 4) is 0 Å². The normalized spacial score (nSPS) is 9.78. The summed E-state index contributed by atoms with van der Waals surface area (Å²) in [5.74, 6) is 0. The second-order valence-electron chi connectivity index (χ2n) is 5.21. The minimum absolute atomic E-state index is 0. The predicted octanol–water partition coefficient (Wildman–Crippen LogP) is 4.28. The van der Waals surface area contributed by atoms with E-state index in [-0.39, 0.29) is 20.1 Å². The largest absolute Gasteiger partial charge is 0.346 e. The fourth-order valence-corrected chi connectivity index (χ4v) is 2.47. The smallest absolute Gasteiger partial charge is 0.258 e. The fraction of sp³-hybridized carbons (Fsp3) is 0. The molecule has 1 radical (unpaired) electrons. The molecule has 0 atom stereocenters. The molecule has 0 fully saturated rings. The Labute approximate surface area is 166 Å². The number of benzene rings is 2. The molecule has 0 spiro atoms. The molecule has 9 heteroatoms. The average Bonchev–Trinajstić information content (AvgIpc) is 2.68. The molecule has 2 aromatic carbocycles. The zero-order chi connectivity index (χ0) is 18.5. The van der Waals surface area contributed by atoms with Crippen LogP contribution in [0.2, 0.25) is 0 Å². The molecule has 137 valence electrons. The van der Waals surface area contributed by atoms with Crippen LogP contribution < -0.4 is 0 Å². The van der Waals surface area contributed by atoms with Crippen LogP contribution in [0.5, 0.6) is 0 Å². The van der Waals surface area contributed by atoms with Crippen LogP contribution in [0.1, 0.15) is 0 Å². The van der Waals surface area contributed by atoms with Gasteiger partial charge in [0.25, 0.3) is 0 Å². The van der Waals surface area contributed by atoms with Gasteiger partial charge >= 0.3 is 11.4 Å². The van der Waals surface area contributed by atoms with Crippen molar-refractivity contribution in [2.75, 3.05) is 0 Å². The molecule has 4 aromatic rings. The summed E-state index contributed by atoms with van der Waals surface area (Å²) in [6.07, 6.45) is 3.62. The third-order valence-corrected chi connectivity index (χ3v) is 3.63. The summed E-state index contributed by atoms with van der Waals surface area (Å²) >= 11 is 0. The van der Waals surface area contributed by atoms with Crippen molar-refractivity contribution in [3.05, 3.63) is 93.3 Å². The van der Waals surface area contributed by atoms with Gasteiger partial charge in [-0.25, -0.2) is 0 Å².